The molecular weight excluding hydrogens is 370 g/mol. The highest BCUT2D eigenvalue weighted by Gasteiger charge is 2.18. The number of aryl methyl sites for hydroxylation is 1. The van der Waals surface area contributed by atoms with Crippen LogP contribution in [-0.4, -0.2) is 19.6 Å². The molecule has 1 N–H and O–H groups in total. The lowest BCUT2D eigenvalue weighted by atomic mass is 10.1. The zero-order valence-electron chi connectivity index (χ0n) is 14.2. The summed E-state index contributed by atoms with van der Waals surface area (Å²) in [6, 6.07) is 15.7. The highest BCUT2D eigenvalue weighted by molar-refractivity contribution is 7.89. The Morgan fingerprint density at radius 1 is 1.11 bits per heavy atom. The predicted octanol–water partition coefficient (Wildman–Crippen LogP) is 3.48. The number of nitrogens with one attached hydrogen (secondary N) is 1. The topological polar surface area (TPSA) is 115 Å². The number of benzene rings is 2. The van der Waals surface area contributed by atoms with Crippen molar-refractivity contribution < 1.29 is 17.8 Å². The van der Waals surface area contributed by atoms with Crippen LogP contribution in [0.5, 0.6) is 0 Å². The summed E-state index contributed by atoms with van der Waals surface area (Å²) in [4.78, 5) is 12.9. The number of nitro benzene ring substituents is 1. The first-order valence-corrected chi connectivity index (χ1v) is 9.30. The Bertz CT molecular complexity index is 1110. The molecule has 0 amide bonds. The largest absolute Gasteiger partial charge is 0.455 e. The van der Waals surface area contributed by atoms with Gasteiger partial charge in [-0.05, 0) is 42.8 Å². The van der Waals surface area contributed by atoms with Gasteiger partial charge in [-0.2, -0.15) is 18.4 Å². The van der Waals surface area contributed by atoms with Gasteiger partial charge in [0.15, 0.2) is 0 Å². The van der Waals surface area contributed by atoms with Crippen molar-refractivity contribution in [2.24, 2.45) is 5.10 Å². The second kappa shape index (κ2) is 7.42. The molecule has 138 valence electrons. The molecule has 0 unspecified atom stereocenters. The molecule has 0 spiro atoms. The maximum Gasteiger partial charge on any atom is 0.280 e. The Hall–Kier alpha value is -3.46. The molecule has 3 aromatic rings. The van der Waals surface area contributed by atoms with Crippen LogP contribution < -0.4 is 4.83 Å². The van der Waals surface area contributed by atoms with E-state index in [9.17, 15) is 18.5 Å². The average molecular weight is 385 g/mol. The fourth-order valence-corrected chi connectivity index (χ4v) is 3.19. The molecule has 9 heteroatoms. The van der Waals surface area contributed by atoms with Crippen molar-refractivity contribution in [1.29, 1.82) is 0 Å². The highest BCUT2D eigenvalue weighted by atomic mass is 32.2. The molecule has 27 heavy (non-hydrogen) atoms. The highest BCUT2D eigenvalue weighted by Crippen LogP contribution is 2.31. The molecule has 0 saturated heterocycles. The van der Waals surface area contributed by atoms with Crippen LogP contribution in [0.1, 0.15) is 11.3 Å². The van der Waals surface area contributed by atoms with E-state index in [1.165, 1.54) is 24.4 Å². The number of nitrogens with zero attached hydrogens (tertiary/aromatic N) is 2. The van der Waals surface area contributed by atoms with Crippen molar-refractivity contribution in [3.8, 4) is 11.3 Å². The van der Waals surface area contributed by atoms with Gasteiger partial charge < -0.3 is 4.42 Å². The monoisotopic (exact) mass is 385 g/mol. The van der Waals surface area contributed by atoms with Gasteiger partial charge in [-0.1, -0.05) is 24.3 Å². The van der Waals surface area contributed by atoms with Crippen molar-refractivity contribution >= 4 is 21.9 Å². The summed E-state index contributed by atoms with van der Waals surface area (Å²) in [6.07, 6.45) is 1.18. The van der Waals surface area contributed by atoms with Gasteiger partial charge >= 0.3 is 0 Å². The number of sulfonamides is 1. The minimum atomic E-state index is -3.78. The fourth-order valence-electron chi connectivity index (χ4n) is 2.38. The van der Waals surface area contributed by atoms with Gasteiger partial charge in [-0.3, -0.25) is 10.1 Å². The number of rotatable bonds is 6. The second-order valence-electron chi connectivity index (χ2n) is 5.65. The van der Waals surface area contributed by atoms with E-state index in [0.717, 1.165) is 5.56 Å². The lowest BCUT2D eigenvalue weighted by Crippen LogP contribution is -2.18. The Kier molecular flexibility index (Phi) is 5.04. The van der Waals surface area contributed by atoms with E-state index in [4.69, 9.17) is 4.42 Å². The van der Waals surface area contributed by atoms with E-state index in [-0.39, 0.29) is 22.1 Å². The first-order chi connectivity index (χ1) is 12.9. The van der Waals surface area contributed by atoms with Crippen molar-refractivity contribution in [2.45, 2.75) is 11.8 Å². The van der Waals surface area contributed by atoms with E-state index in [0.29, 0.717) is 5.56 Å². The Morgan fingerprint density at radius 3 is 2.56 bits per heavy atom. The van der Waals surface area contributed by atoms with Crippen LogP contribution in [-0.2, 0) is 10.0 Å². The minimum absolute atomic E-state index is 0.0716. The molecule has 0 bridgehead atoms. The van der Waals surface area contributed by atoms with E-state index in [2.05, 4.69) is 9.93 Å². The molecule has 2 aromatic carbocycles. The number of furan rings is 1. The molecule has 0 atom stereocenters. The summed E-state index contributed by atoms with van der Waals surface area (Å²) in [6.45, 7) is 1.76. The van der Waals surface area contributed by atoms with Gasteiger partial charge in [0.25, 0.3) is 15.7 Å². The zero-order valence-corrected chi connectivity index (χ0v) is 15.0. The lowest BCUT2D eigenvalue weighted by Gasteiger charge is -2.02. The normalized spacial score (nSPS) is 11.6. The Balaban J connectivity index is 1.79. The van der Waals surface area contributed by atoms with Gasteiger partial charge in [-0.25, -0.2) is 0 Å². The van der Waals surface area contributed by atoms with Crippen LogP contribution in [0, 0.1) is 17.0 Å². The predicted molar refractivity (Wildman–Crippen MR) is 99.9 cm³/mol. The smallest absolute Gasteiger partial charge is 0.280 e. The third-order valence-electron chi connectivity index (χ3n) is 3.66. The molecule has 0 fully saturated rings. The molecule has 8 nitrogen and oxygen atoms in total. The SMILES string of the molecule is Cc1ccc(-c2ccc(/C=N\NS(=O)(=O)c3ccccc3)o2)c([N+](=O)[O-])c1. The van der Waals surface area contributed by atoms with E-state index in [1.54, 1.807) is 49.4 Å². The quantitative estimate of drug-likeness (QED) is 0.396. The van der Waals surface area contributed by atoms with Crippen molar-refractivity contribution in [3.63, 3.8) is 0 Å². The summed E-state index contributed by atoms with van der Waals surface area (Å²) in [5.74, 6) is 0.532. The zero-order chi connectivity index (χ0) is 19.4. The van der Waals surface area contributed by atoms with Crippen LogP contribution in [0.15, 0.2) is 75.1 Å². The van der Waals surface area contributed by atoms with Gasteiger partial charge in [0.2, 0.25) is 0 Å². The van der Waals surface area contributed by atoms with E-state index in [1.807, 2.05) is 0 Å². The molecule has 0 aliphatic heterocycles. The van der Waals surface area contributed by atoms with Gasteiger partial charge in [0, 0.05) is 6.07 Å². The second-order valence-corrected chi connectivity index (χ2v) is 7.31. The van der Waals surface area contributed by atoms with Crippen LogP contribution in [0.3, 0.4) is 0 Å². The lowest BCUT2D eigenvalue weighted by molar-refractivity contribution is -0.384. The standard InChI is InChI=1S/C18H15N3O5S/c1-13-7-9-16(17(11-13)21(22)23)18-10-8-14(26-18)12-19-20-27(24,25)15-5-3-2-4-6-15/h2-12,20H,1H3/b19-12-. The van der Waals surface area contributed by atoms with Crippen molar-refractivity contribution in [3.05, 3.63) is 82.1 Å². The summed E-state index contributed by atoms with van der Waals surface area (Å²) in [5.41, 5.74) is 1.02. The first-order valence-electron chi connectivity index (χ1n) is 7.82. The maximum absolute atomic E-state index is 12.1. The molecule has 1 aromatic heterocycles. The first kappa shape index (κ1) is 18.3. The third-order valence-corrected chi connectivity index (χ3v) is 4.90. The van der Waals surface area contributed by atoms with Crippen LogP contribution in [0.2, 0.25) is 0 Å². The number of hydrogen-bond acceptors (Lipinski definition) is 6. The molecule has 0 aliphatic carbocycles. The summed E-state index contributed by atoms with van der Waals surface area (Å²) < 4.78 is 29.7. The number of nitro groups is 1. The van der Waals surface area contributed by atoms with Gasteiger partial charge in [0.05, 0.1) is 21.6 Å². The molecule has 1 heterocycles. The summed E-state index contributed by atoms with van der Waals surface area (Å²) in [5, 5.41) is 14.9. The Labute approximate surface area is 155 Å². The minimum Gasteiger partial charge on any atom is -0.455 e. The molecule has 3 rings (SSSR count). The molecule has 0 radical (unpaired) electrons. The number of hydrazone groups is 1. The van der Waals surface area contributed by atoms with Crippen LogP contribution in [0.25, 0.3) is 11.3 Å². The summed E-state index contributed by atoms with van der Waals surface area (Å²) >= 11 is 0. The molecular formula is C18H15N3O5S. The Morgan fingerprint density at radius 2 is 1.85 bits per heavy atom. The van der Waals surface area contributed by atoms with Crippen LogP contribution >= 0.6 is 0 Å². The average Bonchev–Trinajstić information content (AvgIpc) is 3.11. The number of hydrogen-bond donors (Lipinski definition) is 1. The van der Waals surface area contributed by atoms with Crippen molar-refractivity contribution in [2.75, 3.05) is 0 Å². The summed E-state index contributed by atoms with van der Waals surface area (Å²) in [7, 11) is -3.78. The molecule has 0 aliphatic rings. The maximum atomic E-state index is 12.1. The third kappa shape index (κ3) is 4.21. The van der Waals surface area contributed by atoms with E-state index < -0.39 is 14.9 Å². The van der Waals surface area contributed by atoms with Crippen molar-refractivity contribution in [1.82, 2.24) is 4.83 Å². The van der Waals surface area contributed by atoms with Gasteiger partial charge in [-0.15, -0.1) is 0 Å². The van der Waals surface area contributed by atoms with Crippen LogP contribution in [0.4, 0.5) is 5.69 Å². The molecule has 0 saturated carbocycles. The van der Waals surface area contributed by atoms with Gasteiger partial charge in [0.1, 0.15) is 11.5 Å². The van der Waals surface area contributed by atoms with E-state index >= 15 is 0 Å². The fraction of sp³-hybridized carbons (Fsp3) is 0.0556.